The van der Waals surface area contributed by atoms with E-state index in [0.717, 1.165) is 0 Å². The summed E-state index contributed by atoms with van der Waals surface area (Å²) in [6, 6.07) is 7.21. The third-order valence-electron chi connectivity index (χ3n) is 3.89. The summed E-state index contributed by atoms with van der Waals surface area (Å²) in [5, 5.41) is 8.85. The summed E-state index contributed by atoms with van der Waals surface area (Å²) >= 11 is 0. The van der Waals surface area contributed by atoms with E-state index in [1.807, 2.05) is 26.0 Å². The molecule has 7 nitrogen and oxygen atoms in total. The SMILES string of the molecule is CC(C)CN(CCC(=O)O)C(=O)CCN1C(=O)COc2ccccc21. The van der Waals surface area contributed by atoms with Gasteiger partial charge in [0.1, 0.15) is 5.75 Å². The predicted octanol–water partition coefficient (Wildman–Crippen LogP) is 1.76. The Kier molecular flexibility index (Phi) is 6.38. The number of carboxylic acids is 1. The molecule has 1 aliphatic rings. The molecule has 0 saturated heterocycles. The van der Waals surface area contributed by atoms with E-state index in [0.29, 0.717) is 18.0 Å². The van der Waals surface area contributed by atoms with Gasteiger partial charge in [0, 0.05) is 26.1 Å². The first kappa shape index (κ1) is 18.8. The van der Waals surface area contributed by atoms with E-state index in [1.54, 1.807) is 21.9 Å². The van der Waals surface area contributed by atoms with E-state index in [2.05, 4.69) is 0 Å². The van der Waals surface area contributed by atoms with Crippen LogP contribution in [0.3, 0.4) is 0 Å². The van der Waals surface area contributed by atoms with Gasteiger partial charge in [0.2, 0.25) is 5.91 Å². The number of para-hydroxylation sites is 2. The van der Waals surface area contributed by atoms with Gasteiger partial charge >= 0.3 is 5.97 Å². The Balaban J connectivity index is 2.01. The molecule has 2 rings (SSSR count). The molecule has 7 heteroatoms. The average molecular weight is 348 g/mol. The number of hydrogen-bond acceptors (Lipinski definition) is 4. The molecule has 0 unspecified atom stereocenters. The third kappa shape index (κ3) is 5.20. The van der Waals surface area contributed by atoms with Crippen molar-refractivity contribution in [2.24, 2.45) is 5.92 Å². The number of nitrogens with zero attached hydrogens (tertiary/aromatic N) is 2. The van der Waals surface area contributed by atoms with E-state index < -0.39 is 5.97 Å². The highest BCUT2D eigenvalue weighted by Gasteiger charge is 2.26. The molecule has 0 saturated carbocycles. The molecular weight excluding hydrogens is 324 g/mol. The number of fused-ring (bicyclic) bond motifs is 1. The highest BCUT2D eigenvalue weighted by molar-refractivity contribution is 5.98. The smallest absolute Gasteiger partial charge is 0.305 e. The van der Waals surface area contributed by atoms with Gasteiger partial charge < -0.3 is 19.6 Å². The molecule has 1 N–H and O–H groups in total. The topological polar surface area (TPSA) is 87.2 Å². The molecule has 1 heterocycles. The molecule has 0 atom stereocenters. The molecule has 0 radical (unpaired) electrons. The van der Waals surface area contributed by atoms with Gasteiger partial charge in [0.05, 0.1) is 12.1 Å². The number of carbonyl (C=O) groups excluding carboxylic acids is 2. The van der Waals surface area contributed by atoms with Gasteiger partial charge in [-0.05, 0) is 18.1 Å². The molecule has 0 aromatic heterocycles. The van der Waals surface area contributed by atoms with E-state index >= 15 is 0 Å². The lowest BCUT2D eigenvalue weighted by molar-refractivity contribution is -0.138. The van der Waals surface area contributed by atoms with Crippen LogP contribution in [0.2, 0.25) is 0 Å². The van der Waals surface area contributed by atoms with Crippen LogP contribution in [-0.2, 0) is 14.4 Å². The molecule has 1 aromatic carbocycles. The summed E-state index contributed by atoms with van der Waals surface area (Å²) in [4.78, 5) is 38.6. The van der Waals surface area contributed by atoms with Crippen molar-refractivity contribution in [3.05, 3.63) is 24.3 Å². The Bertz CT molecular complexity index is 644. The second kappa shape index (κ2) is 8.50. The van der Waals surface area contributed by atoms with E-state index in [4.69, 9.17) is 9.84 Å². The van der Waals surface area contributed by atoms with Crippen LogP contribution < -0.4 is 9.64 Å². The van der Waals surface area contributed by atoms with E-state index in [1.165, 1.54) is 0 Å². The van der Waals surface area contributed by atoms with Crippen LogP contribution in [0.4, 0.5) is 5.69 Å². The fraction of sp³-hybridized carbons (Fsp3) is 0.500. The molecular formula is C18H24N2O5. The zero-order valence-corrected chi connectivity index (χ0v) is 14.6. The summed E-state index contributed by atoms with van der Waals surface area (Å²) in [6.07, 6.45) is 0.0597. The number of amides is 2. The van der Waals surface area contributed by atoms with Crippen molar-refractivity contribution in [1.29, 1.82) is 0 Å². The average Bonchev–Trinajstić information content (AvgIpc) is 2.57. The van der Waals surface area contributed by atoms with Crippen molar-refractivity contribution in [1.82, 2.24) is 4.90 Å². The molecule has 25 heavy (non-hydrogen) atoms. The molecule has 0 fully saturated rings. The van der Waals surface area contributed by atoms with Gasteiger partial charge in [-0.2, -0.15) is 0 Å². The van der Waals surface area contributed by atoms with Crippen LogP contribution >= 0.6 is 0 Å². The zero-order chi connectivity index (χ0) is 18.4. The number of ether oxygens (including phenoxy) is 1. The Morgan fingerprint density at radius 3 is 2.68 bits per heavy atom. The number of carboxylic acid groups (broad SMARTS) is 1. The third-order valence-corrected chi connectivity index (χ3v) is 3.89. The van der Waals surface area contributed by atoms with E-state index in [9.17, 15) is 14.4 Å². The van der Waals surface area contributed by atoms with Crippen LogP contribution in [0.5, 0.6) is 5.75 Å². The lowest BCUT2D eigenvalue weighted by atomic mass is 10.1. The fourth-order valence-electron chi connectivity index (χ4n) is 2.75. The quantitative estimate of drug-likeness (QED) is 0.773. The lowest BCUT2D eigenvalue weighted by Crippen LogP contribution is -2.42. The summed E-state index contributed by atoms with van der Waals surface area (Å²) in [7, 11) is 0. The minimum atomic E-state index is -0.932. The number of hydrogen-bond donors (Lipinski definition) is 1. The monoisotopic (exact) mass is 348 g/mol. The predicted molar refractivity (Wildman–Crippen MR) is 92.6 cm³/mol. The maximum Gasteiger partial charge on any atom is 0.305 e. The molecule has 1 aliphatic heterocycles. The maximum absolute atomic E-state index is 12.5. The molecule has 0 aliphatic carbocycles. The number of rotatable bonds is 8. The molecule has 2 amide bonds. The van der Waals surface area contributed by atoms with Crippen LogP contribution in [-0.4, -0.2) is 54.0 Å². The normalized spacial score (nSPS) is 13.4. The summed E-state index contributed by atoms with van der Waals surface area (Å²) < 4.78 is 5.39. The van der Waals surface area contributed by atoms with Gasteiger partial charge in [-0.25, -0.2) is 0 Å². The zero-order valence-electron chi connectivity index (χ0n) is 14.6. The molecule has 0 bridgehead atoms. The standard InChI is InChI=1S/C18H24N2O5/c1-13(2)11-19(9-8-18(23)24)16(21)7-10-20-14-5-3-4-6-15(14)25-12-17(20)22/h3-6,13H,7-12H2,1-2H3,(H,23,24). The first-order valence-corrected chi connectivity index (χ1v) is 8.40. The number of carbonyl (C=O) groups is 3. The Labute approximate surface area is 147 Å². The van der Waals surface area contributed by atoms with Crippen molar-refractivity contribution in [3.63, 3.8) is 0 Å². The van der Waals surface area contributed by atoms with E-state index in [-0.39, 0.29) is 50.3 Å². The first-order valence-electron chi connectivity index (χ1n) is 8.40. The van der Waals surface area contributed by atoms with Crippen molar-refractivity contribution in [2.75, 3.05) is 31.1 Å². The van der Waals surface area contributed by atoms with Crippen molar-refractivity contribution in [3.8, 4) is 5.75 Å². The first-order chi connectivity index (χ1) is 11.9. The van der Waals surface area contributed by atoms with Gasteiger partial charge in [-0.3, -0.25) is 14.4 Å². The van der Waals surface area contributed by atoms with Crippen molar-refractivity contribution >= 4 is 23.5 Å². The second-order valence-corrected chi connectivity index (χ2v) is 6.43. The Hall–Kier alpha value is -2.57. The second-order valence-electron chi connectivity index (χ2n) is 6.43. The number of benzene rings is 1. The van der Waals surface area contributed by atoms with Gasteiger partial charge in [-0.15, -0.1) is 0 Å². The summed E-state index contributed by atoms with van der Waals surface area (Å²) in [5.74, 6) is -0.402. The van der Waals surface area contributed by atoms with Gasteiger partial charge in [-0.1, -0.05) is 26.0 Å². The lowest BCUT2D eigenvalue weighted by Gasteiger charge is -2.30. The fourth-order valence-corrected chi connectivity index (χ4v) is 2.75. The maximum atomic E-state index is 12.5. The Morgan fingerprint density at radius 1 is 1.28 bits per heavy atom. The Morgan fingerprint density at radius 2 is 2.00 bits per heavy atom. The van der Waals surface area contributed by atoms with Crippen molar-refractivity contribution < 1.29 is 24.2 Å². The molecule has 136 valence electrons. The largest absolute Gasteiger partial charge is 0.482 e. The van der Waals surface area contributed by atoms with Crippen LogP contribution in [0.25, 0.3) is 0 Å². The minimum Gasteiger partial charge on any atom is -0.482 e. The summed E-state index contributed by atoms with van der Waals surface area (Å²) in [6.45, 7) is 4.84. The van der Waals surface area contributed by atoms with Crippen molar-refractivity contribution in [2.45, 2.75) is 26.7 Å². The molecule has 0 spiro atoms. The number of anilines is 1. The summed E-state index contributed by atoms with van der Waals surface area (Å²) in [5.41, 5.74) is 0.660. The van der Waals surface area contributed by atoms with Crippen LogP contribution in [0.15, 0.2) is 24.3 Å². The molecule has 1 aromatic rings. The van der Waals surface area contributed by atoms with Gasteiger partial charge in [0.25, 0.3) is 5.91 Å². The van der Waals surface area contributed by atoms with Gasteiger partial charge in [0.15, 0.2) is 6.61 Å². The van der Waals surface area contributed by atoms with Crippen LogP contribution in [0, 0.1) is 5.92 Å². The highest BCUT2D eigenvalue weighted by atomic mass is 16.5. The minimum absolute atomic E-state index is 0.0417. The highest BCUT2D eigenvalue weighted by Crippen LogP contribution is 2.31. The van der Waals surface area contributed by atoms with Crippen LogP contribution in [0.1, 0.15) is 26.7 Å². The number of aliphatic carboxylic acids is 1.